The first-order chi connectivity index (χ1) is 11.7. The van der Waals surface area contributed by atoms with E-state index in [1.54, 1.807) is 12.1 Å². The number of hydrogen-bond acceptors (Lipinski definition) is 5. The molecule has 0 radical (unpaired) electrons. The first kappa shape index (κ1) is 20.0. The van der Waals surface area contributed by atoms with E-state index < -0.39 is 0 Å². The van der Waals surface area contributed by atoms with Crippen LogP contribution in [0.15, 0.2) is 46.3 Å². The lowest BCUT2D eigenvalue weighted by Crippen LogP contribution is -2.38. The Bertz CT molecular complexity index is 693. The molecule has 5 nitrogen and oxygen atoms in total. The summed E-state index contributed by atoms with van der Waals surface area (Å²) in [6.07, 6.45) is 2.31. The van der Waals surface area contributed by atoms with Crippen LogP contribution in [-0.4, -0.2) is 35.7 Å². The minimum absolute atomic E-state index is 0. The highest BCUT2D eigenvalue weighted by Crippen LogP contribution is 2.31. The largest absolute Gasteiger partial charge is 0.350 e. The second-order valence-corrected chi connectivity index (χ2v) is 7.18. The van der Waals surface area contributed by atoms with E-state index in [1.165, 1.54) is 11.8 Å². The van der Waals surface area contributed by atoms with Crippen molar-refractivity contribution in [2.24, 2.45) is 5.92 Å². The van der Waals surface area contributed by atoms with Crippen LogP contribution in [-0.2, 0) is 0 Å². The summed E-state index contributed by atoms with van der Waals surface area (Å²) in [7, 11) is 0. The minimum atomic E-state index is -0.178. The molecule has 1 aromatic carbocycles. The van der Waals surface area contributed by atoms with Gasteiger partial charge in [-0.25, -0.2) is 0 Å². The summed E-state index contributed by atoms with van der Waals surface area (Å²) in [4.78, 5) is 13.1. The molecule has 0 saturated carbocycles. The Labute approximate surface area is 162 Å². The maximum atomic E-state index is 12.1. The zero-order valence-corrected chi connectivity index (χ0v) is 16.0. The Hall–Kier alpha value is -1.34. The number of rotatable bonds is 5. The number of piperidine rings is 1. The van der Waals surface area contributed by atoms with Gasteiger partial charge in [0.15, 0.2) is 5.69 Å². The highest BCUT2D eigenvalue weighted by atomic mass is 35.5. The van der Waals surface area contributed by atoms with E-state index in [0.29, 0.717) is 28.2 Å². The van der Waals surface area contributed by atoms with Crippen LogP contribution in [0.5, 0.6) is 0 Å². The van der Waals surface area contributed by atoms with E-state index in [9.17, 15) is 4.79 Å². The van der Waals surface area contributed by atoms with Crippen molar-refractivity contribution in [3.8, 4) is 0 Å². The summed E-state index contributed by atoms with van der Waals surface area (Å²) in [6, 6.07) is 11.0. The molecule has 2 N–H and O–H groups in total. The quantitative estimate of drug-likeness (QED) is 0.807. The molecular formula is C17H20Cl2N4OS. The zero-order valence-electron chi connectivity index (χ0n) is 13.6. The van der Waals surface area contributed by atoms with Crippen LogP contribution >= 0.6 is 35.8 Å². The molecule has 1 amide bonds. The minimum Gasteiger partial charge on any atom is -0.350 e. The summed E-state index contributed by atoms with van der Waals surface area (Å²) < 4.78 is 0. The van der Waals surface area contributed by atoms with Gasteiger partial charge in [0, 0.05) is 11.4 Å². The molecule has 1 saturated heterocycles. The Morgan fingerprint density at radius 2 is 2.12 bits per heavy atom. The Morgan fingerprint density at radius 1 is 1.28 bits per heavy atom. The van der Waals surface area contributed by atoms with Crippen molar-refractivity contribution in [1.29, 1.82) is 0 Å². The Balaban J connectivity index is 0.00000225. The molecule has 1 aliphatic heterocycles. The normalized spacial score (nSPS) is 16.8. The highest BCUT2D eigenvalue weighted by Gasteiger charge is 2.15. The third kappa shape index (κ3) is 5.85. The van der Waals surface area contributed by atoms with Crippen LogP contribution in [0.4, 0.5) is 0 Å². The molecule has 2 heterocycles. The number of carbonyl (C=O) groups excluding carboxylic acids is 1. The van der Waals surface area contributed by atoms with Gasteiger partial charge < -0.3 is 10.6 Å². The number of nitrogens with one attached hydrogen (secondary N) is 2. The van der Waals surface area contributed by atoms with Crippen LogP contribution in [0, 0.1) is 5.92 Å². The predicted octanol–water partition coefficient (Wildman–Crippen LogP) is 3.43. The first-order valence-electron chi connectivity index (χ1n) is 7.97. The van der Waals surface area contributed by atoms with Gasteiger partial charge in [0.1, 0.15) is 5.03 Å². The fourth-order valence-electron chi connectivity index (χ4n) is 2.56. The lowest BCUT2D eigenvalue weighted by molar-refractivity contribution is 0.0938. The second-order valence-electron chi connectivity index (χ2n) is 5.71. The van der Waals surface area contributed by atoms with Crippen molar-refractivity contribution in [3.63, 3.8) is 0 Å². The molecule has 134 valence electrons. The van der Waals surface area contributed by atoms with E-state index in [2.05, 4.69) is 20.8 Å². The molecule has 1 aliphatic rings. The number of amides is 1. The van der Waals surface area contributed by atoms with Crippen molar-refractivity contribution in [3.05, 3.63) is 47.1 Å². The molecule has 0 spiro atoms. The van der Waals surface area contributed by atoms with Crippen LogP contribution in [0.1, 0.15) is 23.3 Å². The van der Waals surface area contributed by atoms with Crippen LogP contribution in [0.2, 0.25) is 5.02 Å². The van der Waals surface area contributed by atoms with Gasteiger partial charge in [0.25, 0.3) is 5.91 Å². The standard InChI is InChI=1S/C17H19ClN4OS.ClH/c18-13-5-1-2-6-15(13)24-16-8-7-14(21-22-16)17(23)20-11-12-4-3-9-19-10-12;/h1-2,5-8,12,19H,3-4,9-11H2,(H,20,23);1H. The van der Waals surface area contributed by atoms with Crippen LogP contribution < -0.4 is 10.6 Å². The third-order valence-electron chi connectivity index (χ3n) is 3.87. The molecular weight excluding hydrogens is 379 g/mol. The molecule has 3 rings (SSSR count). The molecule has 0 aliphatic carbocycles. The van der Waals surface area contributed by atoms with Crippen molar-refractivity contribution in [2.45, 2.75) is 22.8 Å². The number of nitrogens with zero attached hydrogens (tertiary/aromatic N) is 2. The summed E-state index contributed by atoms with van der Waals surface area (Å²) in [6.45, 7) is 2.70. The van der Waals surface area contributed by atoms with Gasteiger partial charge in [-0.1, -0.05) is 35.5 Å². The molecule has 1 aromatic heterocycles. The van der Waals surface area contributed by atoms with E-state index in [-0.39, 0.29) is 18.3 Å². The van der Waals surface area contributed by atoms with Crippen molar-refractivity contribution in [1.82, 2.24) is 20.8 Å². The lowest BCUT2D eigenvalue weighted by atomic mass is 10.00. The summed E-state index contributed by atoms with van der Waals surface area (Å²) >= 11 is 7.56. The van der Waals surface area contributed by atoms with E-state index in [1.807, 2.05) is 24.3 Å². The summed E-state index contributed by atoms with van der Waals surface area (Å²) in [5.74, 6) is 0.313. The smallest absolute Gasteiger partial charge is 0.271 e. The number of aromatic nitrogens is 2. The van der Waals surface area contributed by atoms with Gasteiger partial charge in [-0.05, 0) is 56.1 Å². The number of halogens is 2. The molecule has 8 heteroatoms. The molecule has 0 bridgehead atoms. The molecule has 1 fully saturated rings. The zero-order chi connectivity index (χ0) is 16.8. The first-order valence-corrected chi connectivity index (χ1v) is 9.17. The Morgan fingerprint density at radius 3 is 2.80 bits per heavy atom. The topological polar surface area (TPSA) is 66.9 Å². The van der Waals surface area contributed by atoms with Gasteiger partial charge in [-0.15, -0.1) is 22.6 Å². The average Bonchev–Trinajstić information content (AvgIpc) is 2.63. The van der Waals surface area contributed by atoms with Gasteiger partial charge in [0.05, 0.1) is 5.02 Å². The molecule has 1 unspecified atom stereocenters. The molecule has 25 heavy (non-hydrogen) atoms. The van der Waals surface area contributed by atoms with Crippen LogP contribution in [0.25, 0.3) is 0 Å². The molecule has 2 aromatic rings. The van der Waals surface area contributed by atoms with E-state index in [4.69, 9.17) is 11.6 Å². The van der Waals surface area contributed by atoms with Crippen molar-refractivity contribution >= 4 is 41.7 Å². The summed E-state index contributed by atoms with van der Waals surface area (Å²) in [5, 5.41) is 15.8. The number of carbonyl (C=O) groups is 1. The Kier molecular flexibility index (Phi) is 7.96. The van der Waals surface area contributed by atoms with E-state index >= 15 is 0 Å². The van der Waals surface area contributed by atoms with Gasteiger partial charge >= 0.3 is 0 Å². The van der Waals surface area contributed by atoms with Gasteiger partial charge in [-0.3, -0.25) is 4.79 Å². The predicted molar refractivity (Wildman–Crippen MR) is 103 cm³/mol. The monoisotopic (exact) mass is 398 g/mol. The van der Waals surface area contributed by atoms with Gasteiger partial charge in [-0.2, -0.15) is 0 Å². The third-order valence-corrected chi connectivity index (χ3v) is 5.32. The highest BCUT2D eigenvalue weighted by molar-refractivity contribution is 7.99. The molecule has 1 atom stereocenters. The fourth-order valence-corrected chi connectivity index (χ4v) is 3.57. The van der Waals surface area contributed by atoms with E-state index in [0.717, 1.165) is 30.8 Å². The maximum Gasteiger partial charge on any atom is 0.271 e. The average molecular weight is 399 g/mol. The SMILES string of the molecule is Cl.O=C(NCC1CCCNC1)c1ccc(Sc2ccccc2Cl)nn1. The second kappa shape index (κ2) is 9.97. The van der Waals surface area contributed by atoms with Crippen LogP contribution in [0.3, 0.4) is 0 Å². The van der Waals surface area contributed by atoms with Crippen molar-refractivity contribution in [2.75, 3.05) is 19.6 Å². The van der Waals surface area contributed by atoms with Gasteiger partial charge in [0.2, 0.25) is 0 Å². The summed E-state index contributed by atoms with van der Waals surface area (Å²) in [5.41, 5.74) is 0.335. The maximum absolute atomic E-state index is 12.1. The fraction of sp³-hybridized carbons (Fsp3) is 0.353. The number of hydrogen-bond donors (Lipinski definition) is 2. The number of benzene rings is 1. The lowest BCUT2D eigenvalue weighted by Gasteiger charge is -2.22. The van der Waals surface area contributed by atoms with Crippen molar-refractivity contribution < 1.29 is 4.79 Å².